The second-order valence-electron chi connectivity index (χ2n) is 3.44. The summed E-state index contributed by atoms with van der Waals surface area (Å²) in [6.07, 6.45) is 2.29. The number of hydrogen-bond acceptors (Lipinski definition) is 3. The van der Waals surface area contributed by atoms with Crippen LogP contribution < -0.4 is 0 Å². The Morgan fingerprint density at radius 3 is 3.20 bits per heavy atom. The van der Waals surface area contributed by atoms with Gasteiger partial charge in [0.2, 0.25) is 0 Å². The SMILES string of the molecule is CC1=NN(C(=O)CCl)C(c2ccco2)C1. The largest absolute Gasteiger partial charge is 0.467 e. The van der Waals surface area contributed by atoms with Crippen LogP contribution in [0.15, 0.2) is 27.9 Å². The van der Waals surface area contributed by atoms with E-state index in [2.05, 4.69) is 5.10 Å². The first-order chi connectivity index (χ1) is 7.22. The summed E-state index contributed by atoms with van der Waals surface area (Å²) >= 11 is 5.52. The summed E-state index contributed by atoms with van der Waals surface area (Å²) in [7, 11) is 0. The smallest absolute Gasteiger partial charge is 0.258 e. The van der Waals surface area contributed by atoms with Crippen LogP contribution in [0.25, 0.3) is 0 Å². The van der Waals surface area contributed by atoms with Gasteiger partial charge in [-0.2, -0.15) is 5.10 Å². The number of halogens is 1. The summed E-state index contributed by atoms with van der Waals surface area (Å²) in [6.45, 7) is 1.89. The standard InChI is InChI=1S/C10H11ClN2O2/c1-7-5-8(9-3-2-4-15-9)13(12-7)10(14)6-11/h2-4,8H,5-6H2,1H3. The number of rotatable bonds is 2. The number of nitrogens with zero attached hydrogens (tertiary/aromatic N) is 2. The Labute approximate surface area is 92.5 Å². The highest BCUT2D eigenvalue weighted by atomic mass is 35.5. The van der Waals surface area contributed by atoms with Gasteiger partial charge in [0.25, 0.3) is 5.91 Å². The number of alkyl halides is 1. The molecule has 1 aliphatic heterocycles. The molecule has 5 heteroatoms. The number of hydrazone groups is 1. The van der Waals surface area contributed by atoms with Gasteiger partial charge in [-0.25, -0.2) is 5.01 Å². The predicted octanol–water partition coefficient (Wildman–Crippen LogP) is 2.17. The average Bonchev–Trinajstić information content (AvgIpc) is 2.84. The average molecular weight is 227 g/mol. The zero-order valence-corrected chi connectivity index (χ0v) is 9.07. The second kappa shape index (κ2) is 4.06. The van der Waals surface area contributed by atoms with E-state index in [0.29, 0.717) is 6.42 Å². The molecule has 0 N–H and O–H groups in total. The maximum atomic E-state index is 11.5. The van der Waals surface area contributed by atoms with Crippen molar-refractivity contribution in [3.05, 3.63) is 24.2 Å². The molecular weight excluding hydrogens is 216 g/mol. The molecule has 2 heterocycles. The van der Waals surface area contributed by atoms with Crippen LogP contribution in [0.3, 0.4) is 0 Å². The minimum atomic E-state index is -0.199. The van der Waals surface area contributed by atoms with Crippen LogP contribution >= 0.6 is 11.6 Å². The molecule has 0 aliphatic carbocycles. The fourth-order valence-electron chi connectivity index (χ4n) is 1.65. The van der Waals surface area contributed by atoms with Gasteiger partial charge < -0.3 is 4.42 Å². The van der Waals surface area contributed by atoms with Crippen molar-refractivity contribution in [3.8, 4) is 0 Å². The molecule has 80 valence electrons. The van der Waals surface area contributed by atoms with E-state index < -0.39 is 0 Å². The minimum absolute atomic E-state index is 0.0615. The van der Waals surface area contributed by atoms with Crippen molar-refractivity contribution in [1.82, 2.24) is 5.01 Å². The number of furan rings is 1. The Hall–Kier alpha value is -1.29. The van der Waals surface area contributed by atoms with Gasteiger partial charge in [-0.05, 0) is 19.1 Å². The van der Waals surface area contributed by atoms with Gasteiger partial charge in [0.05, 0.1) is 6.26 Å². The van der Waals surface area contributed by atoms with Crippen LogP contribution in [0.4, 0.5) is 0 Å². The second-order valence-corrected chi connectivity index (χ2v) is 3.71. The molecule has 1 atom stereocenters. The fraction of sp³-hybridized carbons (Fsp3) is 0.400. The fourth-order valence-corrected chi connectivity index (χ4v) is 1.78. The van der Waals surface area contributed by atoms with Crippen molar-refractivity contribution in [2.75, 3.05) is 5.88 Å². The molecule has 0 bridgehead atoms. The molecule has 1 aromatic rings. The minimum Gasteiger partial charge on any atom is -0.467 e. The monoisotopic (exact) mass is 226 g/mol. The summed E-state index contributed by atoms with van der Waals surface area (Å²) in [5.74, 6) is 0.484. The van der Waals surface area contributed by atoms with Crippen molar-refractivity contribution < 1.29 is 9.21 Å². The third-order valence-electron chi connectivity index (χ3n) is 2.30. The van der Waals surface area contributed by atoms with Crippen molar-refractivity contribution in [1.29, 1.82) is 0 Å². The van der Waals surface area contributed by atoms with Crippen LogP contribution in [-0.4, -0.2) is 22.5 Å². The number of carbonyl (C=O) groups excluding carboxylic acids is 1. The molecule has 1 aliphatic rings. The van der Waals surface area contributed by atoms with E-state index in [0.717, 1.165) is 11.5 Å². The van der Waals surface area contributed by atoms with Crippen LogP contribution in [0, 0.1) is 0 Å². The molecule has 1 aromatic heterocycles. The quantitative estimate of drug-likeness (QED) is 0.726. The van der Waals surface area contributed by atoms with Crippen molar-refractivity contribution in [2.24, 2.45) is 5.10 Å². The molecule has 0 fully saturated rings. The maximum absolute atomic E-state index is 11.5. The molecule has 0 aromatic carbocycles. The Balaban J connectivity index is 2.23. The summed E-state index contributed by atoms with van der Waals surface area (Å²) < 4.78 is 5.28. The topological polar surface area (TPSA) is 45.8 Å². The van der Waals surface area contributed by atoms with Crippen LogP contribution in [0.2, 0.25) is 0 Å². The molecular formula is C10H11ClN2O2. The van der Waals surface area contributed by atoms with E-state index >= 15 is 0 Å². The lowest BCUT2D eigenvalue weighted by atomic mass is 10.1. The highest BCUT2D eigenvalue weighted by Gasteiger charge is 2.32. The Morgan fingerprint density at radius 2 is 2.60 bits per heavy atom. The zero-order chi connectivity index (χ0) is 10.8. The number of hydrogen-bond donors (Lipinski definition) is 0. The number of amides is 1. The van der Waals surface area contributed by atoms with E-state index in [1.165, 1.54) is 5.01 Å². The van der Waals surface area contributed by atoms with E-state index in [9.17, 15) is 4.79 Å². The first kappa shape index (κ1) is 10.2. The summed E-state index contributed by atoms with van der Waals surface area (Å²) in [5.41, 5.74) is 0.912. The Morgan fingerprint density at radius 1 is 1.80 bits per heavy atom. The van der Waals surface area contributed by atoms with Crippen LogP contribution in [0.1, 0.15) is 25.1 Å². The highest BCUT2D eigenvalue weighted by molar-refractivity contribution is 6.27. The van der Waals surface area contributed by atoms with Gasteiger partial charge in [0.15, 0.2) is 0 Å². The molecule has 4 nitrogen and oxygen atoms in total. The Bertz CT molecular complexity index is 386. The van der Waals surface area contributed by atoms with E-state index in [1.54, 1.807) is 12.3 Å². The van der Waals surface area contributed by atoms with E-state index in [-0.39, 0.29) is 17.8 Å². The molecule has 1 unspecified atom stereocenters. The highest BCUT2D eigenvalue weighted by Crippen LogP contribution is 2.30. The third-order valence-corrected chi connectivity index (χ3v) is 2.53. The van der Waals surface area contributed by atoms with Crippen LogP contribution in [-0.2, 0) is 4.79 Å². The first-order valence-electron chi connectivity index (χ1n) is 4.68. The predicted molar refractivity (Wildman–Crippen MR) is 56.7 cm³/mol. The normalized spacial score (nSPS) is 20.5. The van der Waals surface area contributed by atoms with E-state index in [1.807, 2.05) is 13.0 Å². The molecule has 0 spiro atoms. The van der Waals surface area contributed by atoms with Crippen molar-refractivity contribution >= 4 is 23.2 Å². The van der Waals surface area contributed by atoms with Gasteiger partial charge in [-0.3, -0.25) is 4.79 Å². The number of carbonyl (C=O) groups is 1. The first-order valence-corrected chi connectivity index (χ1v) is 5.21. The molecule has 0 saturated heterocycles. The lowest BCUT2D eigenvalue weighted by Crippen LogP contribution is -2.27. The van der Waals surface area contributed by atoms with Gasteiger partial charge >= 0.3 is 0 Å². The van der Waals surface area contributed by atoms with Gasteiger partial charge in [-0.1, -0.05) is 0 Å². The lowest BCUT2D eigenvalue weighted by molar-refractivity contribution is -0.130. The lowest BCUT2D eigenvalue weighted by Gasteiger charge is -2.18. The molecule has 0 radical (unpaired) electrons. The summed E-state index contributed by atoms with van der Waals surface area (Å²) in [4.78, 5) is 11.5. The molecule has 15 heavy (non-hydrogen) atoms. The molecule has 0 saturated carbocycles. The van der Waals surface area contributed by atoms with Crippen LogP contribution in [0.5, 0.6) is 0 Å². The Kier molecular flexibility index (Phi) is 2.77. The summed E-state index contributed by atoms with van der Waals surface area (Å²) in [5, 5.41) is 5.56. The third kappa shape index (κ3) is 1.90. The van der Waals surface area contributed by atoms with Gasteiger partial charge in [-0.15, -0.1) is 11.6 Å². The van der Waals surface area contributed by atoms with Crippen molar-refractivity contribution in [2.45, 2.75) is 19.4 Å². The molecule has 2 rings (SSSR count). The molecule has 1 amide bonds. The van der Waals surface area contributed by atoms with E-state index in [4.69, 9.17) is 16.0 Å². The van der Waals surface area contributed by atoms with Crippen molar-refractivity contribution in [3.63, 3.8) is 0 Å². The maximum Gasteiger partial charge on any atom is 0.258 e. The zero-order valence-electron chi connectivity index (χ0n) is 8.31. The van der Waals surface area contributed by atoms with Gasteiger partial charge in [0.1, 0.15) is 17.7 Å². The van der Waals surface area contributed by atoms with Gasteiger partial charge in [0, 0.05) is 12.1 Å². The summed E-state index contributed by atoms with van der Waals surface area (Å²) in [6, 6.07) is 3.51.